The molecule has 3 nitrogen and oxygen atoms in total. The van der Waals surface area contributed by atoms with E-state index in [2.05, 4.69) is 31.7 Å². The molecule has 0 bridgehead atoms. The van der Waals surface area contributed by atoms with Crippen LogP contribution in [0.15, 0.2) is 28.9 Å². The van der Waals surface area contributed by atoms with Gasteiger partial charge >= 0.3 is 0 Å². The van der Waals surface area contributed by atoms with Crippen LogP contribution in [-0.2, 0) is 6.42 Å². The molecule has 0 saturated heterocycles. The first kappa shape index (κ1) is 15.9. The van der Waals surface area contributed by atoms with Gasteiger partial charge in [0.1, 0.15) is 0 Å². The summed E-state index contributed by atoms with van der Waals surface area (Å²) in [5.41, 5.74) is 2.41. The van der Waals surface area contributed by atoms with Crippen molar-refractivity contribution < 1.29 is 9.63 Å². The van der Waals surface area contributed by atoms with E-state index in [4.69, 9.17) is 4.52 Å². The lowest BCUT2D eigenvalue weighted by molar-refractivity contribution is -0.102. The minimum absolute atomic E-state index is 0.00448. The maximum absolute atomic E-state index is 11.2. The third-order valence-corrected chi connectivity index (χ3v) is 8.83. The summed E-state index contributed by atoms with van der Waals surface area (Å²) >= 11 is 0. The maximum atomic E-state index is 11.2. The molecule has 0 spiro atoms. The molecule has 5 rings (SSSR count). The van der Waals surface area contributed by atoms with E-state index in [1.54, 1.807) is 5.57 Å². The van der Waals surface area contributed by atoms with Crippen LogP contribution >= 0.6 is 0 Å². The Balaban J connectivity index is 1.53. The molecule has 4 aliphatic carbocycles. The van der Waals surface area contributed by atoms with Crippen molar-refractivity contribution in [3.05, 3.63) is 35.7 Å². The van der Waals surface area contributed by atoms with E-state index in [1.807, 2.05) is 12.3 Å². The van der Waals surface area contributed by atoms with Crippen molar-refractivity contribution in [1.29, 1.82) is 0 Å². The Morgan fingerprint density at radius 2 is 2.04 bits per heavy atom. The number of hydrogen-bond acceptors (Lipinski definition) is 3. The number of hydrogen-bond donors (Lipinski definition) is 1. The first-order valence-corrected chi connectivity index (χ1v) is 9.92. The second kappa shape index (κ2) is 4.88. The van der Waals surface area contributed by atoms with Crippen LogP contribution in [0.2, 0.25) is 0 Å². The lowest BCUT2D eigenvalue weighted by Crippen LogP contribution is -2.54. The normalized spacial score (nSPS) is 48.0. The molecule has 0 radical (unpaired) electrons. The van der Waals surface area contributed by atoms with E-state index in [1.165, 1.54) is 18.4 Å². The molecule has 4 aliphatic rings. The van der Waals surface area contributed by atoms with Crippen LogP contribution in [0.25, 0.3) is 6.08 Å². The molecule has 25 heavy (non-hydrogen) atoms. The number of aromatic nitrogens is 1. The van der Waals surface area contributed by atoms with Crippen molar-refractivity contribution in [2.24, 2.45) is 28.6 Å². The van der Waals surface area contributed by atoms with Gasteiger partial charge in [-0.25, -0.2) is 0 Å². The Labute approximate surface area is 150 Å². The third kappa shape index (κ3) is 1.83. The van der Waals surface area contributed by atoms with E-state index in [9.17, 15) is 5.11 Å². The third-order valence-electron chi connectivity index (χ3n) is 8.83. The largest absolute Gasteiger partial charge is 0.385 e. The SMILES string of the molecule is C=C[C@]1(O)CCC2C3CCC4=Cc5oncc5C[C@]4(C)C3CC[C@@]21C. The van der Waals surface area contributed by atoms with Crippen LogP contribution in [0.3, 0.4) is 0 Å². The molecule has 1 aromatic heterocycles. The van der Waals surface area contributed by atoms with Crippen LogP contribution in [0.4, 0.5) is 0 Å². The zero-order valence-electron chi connectivity index (χ0n) is 15.4. The first-order valence-electron chi connectivity index (χ1n) is 9.92. The lowest BCUT2D eigenvalue weighted by Gasteiger charge is -2.58. The maximum Gasteiger partial charge on any atom is 0.162 e. The van der Waals surface area contributed by atoms with E-state index in [0.29, 0.717) is 11.8 Å². The lowest BCUT2D eigenvalue weighted by atomic mass is 9.46. The van der Waals surface area contributed by atoms with Gasteiger partial charge in [0.25, 0.3) is 0 Å². The Hall–Kier alpha value is -1.35. The molecule has 3 saturated carbocycles. The zero-order chi connectivity index (χ0) is 17.4. The fourth-order valence-electron chi connectivity index (χ4n) is 7.27. The van der Waals surface area contributed by atoms with Gasteiger partial charge in [-0.3, -0.25) is 0 Å². The summed E-state index contributed by atoms with van der Waals surface area (Å²) in [5.74, 6) is 3.03. The van der Waals surface area contributed by atoms with Gasteiger partial charge in [0.2, 0.25) is 0 Å². The molecule has 1 aromatic rings. The van der Waals surface area contributed by atoms with Gasteiger partial charge < -0.3 is 9.63 Å². The smallest absolute Gasteiger partial charge is 0.162 e. The average Bonchev–Trinajstić information content (AvgIpc) is 3.14. The fraction of sp³-hybridized carbons (Fsp3) is 0.682. The van der Waals surface area contributed by atoms with Crippen molar-refractivity contribution in [2.45, 2.75) is 64.4 Å². The van der Waals surface area contributed by atoms with Crippen molar-refractivity contribution in [2.75, 3.05) is 0 Å². The zero-order valence-corrected chi connectivity index (χ0v) is 15.4. The Morgan fingerprint density at radius 3 is 2.84 bits per heavy atom. The predicted octanol–water partition coefficient (Wildman–Crippen LogP) is 4.77. The summed E-state index contributed by atoms with van der Waals surface area (Å²) in [5, 5.41) is 15.2. The van der Waals surface area contributed by atoms with Crippen LogP contribution in [0.1, 0.15) is 63.7 Å². The molecule has 3 unspecified atom stereocenters. The second-order valence-corrected chi connectivity index (χ2v) is 9.52. The minimum Gasteiger partial charge on any atom is -0.385 e. The van der Waals surface area contributed by atoms with Crippen molar-refractivity contribution in [3.63, 3.8) is 0 Å². The van der Waals surface area contributed by atoms with E-state index in [-0.39, 0.29) is 10.8 Å². The monoisotopic (exact) mass is 339 g/mol. The molecule has 134 valence electrons. The molecular formula is C22H29NO2. The highest BCUT2D eigenvalue weighted by Gasteiger charge is 2.63. The number of allylic oxidation sites excluding steroid dienone is 1. The van der Waals surface area contributed by atoms with Gasteiger partial charge in [0.15, 0.2) is 5.76 Å². The summed E-state index contributed by atoms with van der Waals surface area (Å²) in [7, 11) is 0. The summed E-state index contributed by atoms with van der Waals surface area (Å²) in [4.78, 5) is 0. The van der Waals surface area contributed by atoms with Gasteiger partial charge in [0, 0.05) is 11.0 Å². The number of rotatable bonds is 1. The molecule has 6 atom stereocenters. The minimum atomic E-state index is -0.673. The molecule has 0 aliphatic heterocycles. The molecule has 0 amide bonds. The van der Waals surface area contributed by atoms with Gasteiger partial charge in [-0.05, 0) is 74.2 Å². The quantitative estimate of drug-likeness (QED) is 0.749. The highest BCUT2D eigenvalue weighted by Crippen LogP contribution is 2.67. The van der Waals surface area contributed by atoms with Crippen LogP contribution < -0.4 is 0 Å². The Morgan fingerprint density at radius 1 is 1.24 bits per heavy atom. The predicted molar refractivity (Wildman–Crippen MR) is 97.7 cm³/mol. The summed E-state index contributed by atoms with van der Waals surface area (Å²) in [6.45, 7) is 8.78. The van der Waals surface area contributed by atoms with Crippen molar-refractivity contribution >= 4 is 6.08 Å². The highest BCUT2D eigenvalue weighted by atomic mass is 16.5. The number of nitrogens with zero attached hydrogens (tertiary/aromatic N) is 1. The molecule has 3 heteroatoms. The first-order chi connectivity index (χ1) is 11.9. The summed E-state index contributed by atoms with van der Waals surface area (Å²) in [6.07, 6.45) is 13.9. The molecular weight excluding hydrogens is 310 g/mol. The summed E-state index contributed by atoms with van der Waals surface area (Å²) in [6, 6.07) is 0. The van der Waals surface area contributed by atoms with Gasteiger partial charge in [-0.15, -0.1) is 6.58 Å². The molecule has 3 fully saturated rings. The van der Waals surface area contributed by atoms with Gasteiger partial charge in [-0.1, -0.05) is 30.7 Å². The number of fused-ring (bicyclic) bond motifs is 6. The van der Waals surface area contributed by atoms with E-state index in [0.717, 1.165) is 43.8 Å². The second-order valence-electron chi connectivity index (χ2n) is 9.52. The molecule has 1 N–H and O–H groups in total. The van der Waals surface area contributed by atoms with Gasteiger partial charge in [-0.2, -0.15) is 0 Å². The number of aliphatic hydroxyl groups is 1. The van der Waals surface area contributed by atoms with Crippen LogP contribution in [0, 0.1) is 28.6 Å². The van der Waals surface area contributed by atoms with Crippen molar-refractivity contribution in [3.8, 4) is 0 Å². The van der Waals surface area contributed by atoms with Gasteiger partial charge in [0.05, 0.1) is 11.8 Å². The molecule has 0 aromatic carbocycles. The Kier molecular flexibility index (Phi) is 3.10. The topological polar surface area (TPSA) is 46.3 Å². The average molecular weight is 339 g/mol. The van der Waals surface area contributed by atoms with Crippen LogP contribution in [-0.4, -0.2) is 15.9 Å². The highest BCUT2D eigenvalue weighted by molar-refractivity contribution is 5.57. The van der Waals surface area contributed by atoms with Crippen molar-refractivity contribution in [1.82, 2.24) is 5.16 Å². The van der Waals surface area contributed by atoms with E-state index >= 15 is 0 Å². The Bertz CT molecular complexity index is 764. The summed E-state index contributed by atoms with van der Waals surface area (Å²) < 4.78 is 5.44. The van der Waals surface area contributed by atoms with E-state index < -0.39 is 5.60 Å². The molecule has 1 heterocycles. The fourth-order valence-corrected chi connectivity index (χ4v) is 7.27. The standard InChI is InChI=1S/C22H29NO2/c1-4-22(24)10-8-18-16-6-5-15-11-19-14(13-23-25-19)12-20(15,2)17(16)7-9-21(18,22)3/h4,11,13,16-18,24H,1,5-10,12H2,2-3H3/t16?,17?,18?,20-,21-,22-/m0/s1. The van der Waals surface area contributed by atoms with Crippen LogP contribution in [0.5, 0.6) is 0 Å².